The van der Waals surface area contributed by atoms with E-state index in [2.05, 4.69) is 10.4 Å². The predicted molar refractivity (Wildman–Crippen MR) is 126 cm³/mol. The minimum atomic E-state index is -0.405. The summed E-state index contributed by atoms with van der Waals surface area (Å²) in [5, 5.41) is 8.49. The van der Waals surface area contributed by atoms with Crippen molar-refractivity contribution in [3.8, 4) is 0 Å². The molecule has 4 aromatic rings. The molecule has 0 aliphatic heterocycles. The summed E-state index contributed by atoms with van der Waals surface area (Å²) in [4.78, 5) is 13.5. The van der Waals surface area contributed by atoms with E-state index < -0.39 is 5.92 Å². The maximum absolute atomic E-state index is 13.5. The van der Waals surface area contributed by atoms with Crippen molar-refractivity contribution < 1.29 is 4.79 Å². The van der Waals surface area contributed by atoms with Gasteiger partial charge in [-0.05, 0) is 42.7 Å². The van der Waals surface area contributed by atoms with Crippen LogP contribution in [0.15, 0.2) is 84.9 Å². The number of aryl methyl sites for hydroxylation is 1. The van der Waals surface area contributed by atoms with Crippen LogP contribution in [0.1, 0.15) is 34.0 Å². The first-order valence-corrected chi connectivity index (χ1v) is 10.6. The van der Waals surface area contributed by atoms with Crippen LogP contribution in [0.25, 0.3) is 0 Å². The zero-order chi connectivity index (χ0) is 21.8. The summed E-state index contributed by atoms with van der Waals surface area (Å²) >= 11 is 6.12. The fourth-order valence-electron chi connectivity index (χ4n) is 3.82. The molecule has 3 aromatic carbocycles. The van der Waals surface area contributed by atoms with Crippen LogP contribution < -0.4 is 5.32 Å². The minimum Gasteiger partial charge on any atom is -0.322 e. The molecule has 0 unspecified atom stereocenters. The van der Waals surface area contributed by atoms with Crippen molar-refractivity contribution in [2.75, 3.05) is 5.32 Å². The minimum absolute atomic E-state index is 0.0779. The van der Waals surface area contributed by atoms with E-state index >= 15 is 0 Å². The number of hydrogen-bond donors (Lipinski definition) is 1. The summed E-state index contributed by atoms with van der Waals surface area (Å²) in [5.74, 6) is -0.483. The Morgan fingerprint density at radius 1 is 0.935 bits per heavy atom. The molecule has 0 spiro atoms. The molecular formula is C26H24ClN3O. The van der Waals surface area contributed by atoms with Crippen LogP contribution in [0.4, 0.5) is 5.69 Å². The lowest BCUT2D eigenvalue weighted by Gasteiger charge is -2.18. The molecule has 0 aliphatic rings. The van der Waals surface area contributed by atoms with Crippen molar-refractivity contribution in [1.29, 1.82) is 0 Å². The molecule has 0 radical (unpaired) electrons. The predicted octanol–water partition coefficient (Wildman–Crippen LogP) is 5.97. The summed E-state index contributed by atoms with van der Waals surface area (Å²) in [7, 11) is 0. The number of carbonyl (C=O) groups excluding carboxylic acids is 1. The monoisotopic (exact) mass is 429 g/mol. The number of amides is 1. The topological polar surface area (TPSA) is 46.9 Å². The lowest BCUT2D eigenvalue weighted by Crippen LogP contribution is -2.23. The van der Waals surface area contributed by atoms with E-state index in [9.17, 15) is 4.79 Å². The van der Waals surface area contributed by atoms with Gasteiger partial charge in [-0.2, -0.15) is 5.10 Å². The third-order valence-electron chi connectivity index (χ3n) is 5.38. The molecule has 0 atom stereocenters. The maximum atomic E-state index is 13.5. The van der Waals surface area contributed by atoms with Gasteiger partial charge in [-0.25, -0.2) is 0 Å². The molecule has 156 valence electrons. The number of nitrogens with one attached hydrogen (secondary N) is 1. The Bertz CT molecular complexity index is 1150. The van der Waals surface area contributed by atoms with Gasteiger partial charge in [0.15, 0.2) is 0 Å². The number of rotatable bonds is 6. The van der Waals surface area contributed by atoms with E-state index in [1.54, 1.807) is 0 Å². The maximum Gasteiger partial charge on any atom is 0.236 e. The molecule has 0 fully saturated rings. The summed E-state index contributed by atoms with van der Waals surface area (Å²) < 4.78 is 1.90. The number of carbonyl (C=O) groups is 1. The first-order chi connectivity index (χ1) is 15.0. The van der Waals surface area contributed by atoms with E-state index in [0.717, 1.165) is 33.8 Å². The first-order valence-electron chi connectivity index (χ1n) is 10.2. The Morgan fingerprint density at radius 2 is 1.55 bits per heavy atom. The first kappa shape index (κ1) is 20.9. The third kappa shape index (κ3) is 4.70. The van der Waals surface area contributed by atoms with E-state index in [4.69, 9.17) is 11.6 Å². The summed E-state index contributed by atoms with van der Waals surface area (Å²) in [6.45, 7) is 4.47. The van der Waals surface area contributed by atoms with Crippen molar-refractivity contribution in [3.05, 3.63) is 118 Å². The number of benzene rings is 3. The van der Waals surface area contributed by atoms with Crippen LogP contribution in [0.3, 0.4) is 0 Å². The van der Waals surface area contributed by atoms with E-state index in [1.807, 2.05) is 103 Å². The zero-order valence-corrected chi connectivity index (χ0v) is 18.3. The number of nitrogens with zero attached hydrogens (tertiary/aromatic N) is 2. The van der Waals surface area contributed by atoms with Gasteiger partial charge in [0.2, 0.25) is 5.91 Å². The SMILES string of the molecule is Cc1nn(Cc2cccc(Cl)c2)c(C)c1NC(=O)C(c1ccccc1)c1ccccc1. The summed E-state index contributed by atoms with van der Waals surface area (Å²) in [5.41, 5.74) is 5.41. The van der Waals surface area contributed by atoms with Crippen molar-refractivity contribution >= 4 is 23.2 Å². The smallest absolute Gasteiger partial charge is 0.236 e. The van der Waals surface area contributed by atoms with Gasteiger partial charge in [0.1, 0.15) is 0 Å². The third-order valence-corrected chi connectivity index (χ3v) is 5.61. The molecule has 4 rings (SSSR count). The molecule has 5 heteroatoms. The van der Waals surface area contributed by atoms with Crippen molar-refractivity contribution in [2.45, 2.75) is 26.3 Å². The Morgan fingerprint density at radius 3 is 2.13 bits per heavy atom. The van der Waals surface area contributed by atoms with Gasteiger partial charge in [-0.1, -0.05) is 84.4 Å². The Hall–Kier alpha value is -3.37. The van der Waals surface area contributed by atoms with Gasteiger partial charge in [0.05, 0.1) is 29.5 Å². The molecule has 1 aromatic heterocycles. The fraction of sp³-hybridized carbons (Fsp3) is 0.154. The number of halogens is 1. The van der Waals surface area contributed by atoms with Crippen LogP contribution >= 0.6 is 11.6 Å². The number of aromatic nitrogens is 2. The number of hydrogen-bond acceptors (Lipinski definition) is 2. The largest absolute Gasteiger partial charge is 0.322 e. The highest BCUT2D eigenvalue weighted by Gasteiger charge is 2.24. The molecule has 0 aliphatic carbocycles. The van der Waals surface area contributed by atoms with E-state index in [-0.39, 0.29) is 5.91 Å². The van der Waals surface area contributed by atoms with Crippen LogP contribution in [0.5, 0.6) is 0 Å². The Balaban J connectivity index is 1.63. The molecule has 0 saturated carbocycles. The van der Waals surface area contributed by atoms with Gasteiger partial charge in [0, 0.05) is 5.02 Å². The molecule has 31 heavy (non-hydrogen) atoms. The van der Waals surface area contributed by atoms with E-state index in [0.29, 0.717) is 11.6 Å². The van der Waals surface area contributed by atoms with Gasteiger partial charge in [-0.3, -0.25) is 9.48 Å². The van der Waals surface area contributed by atoms with Crippen LogP contribution in [-0.2, 0) is 11.3 Å². The Kier molecular flexibility index (Phi) is 6.19. The lowest BCUT2D eigenvalue weighted by atomic mass is 9.90. The van der Waals surface area contributed by atoms with Gasteiger partial charge >= 0.3 is 0 Å². The van der Waals surface area contributed by atoms with Gasteiger partial charge in [0.25, 0.3) is 0 Å². The highest BCUT2D eigenvalue weighted by Crippen LogP contribution is 2.28. The summed E-state index contributed by atoms with van der Waals surface area (Å²) in [6.07, 6.45) is 0. The molecule has 1 N–H and O–H groups in total. The second-order valence-electron chi connectivity index (χ2n) is 7.58. The molecular weight excluding hydrogens is 406 g/mol. The van der Waals surface area contributed by atoms with Gasteiger partial charge < -0.3 is 5.32 Å². The lowest BCUT2D eigenvalue weighted by molar-refractivity contribution is -0.116. The molecule has 0 saturated heterocycles. The number of anilines is 1. The van der Waals surface area contributed by atoms with Crippen molar-refractivity contribution in [2.24, 2.45) is 0 Å². The fourth-order valence-corrected chi connectivity index (χ4v) is 4.03. The molecule has 1 amide bonds. The van der Waals surface area contributed by atoms with Crippen molar-refractivity contribution in [1.82, 2.24) is 9.78 Å². The van der Waals surface area contributed by atoms with Crippen molar-refractivity contribution in [3.63, 3.8) is 0 Å². The highest BCUT2D eigenvalue weighted by molar-refractivity contribution is 6.30. The zero-order valence-electron chi connectivity index (χ0n) is 17.5. The highest BCUT2D eigenvalue weighted by atomic mass is 35.5. The average Bonchev–Trinajstić information content (AvgIpc) is 3.03. The van der Waals surface area contributed by atoms with Crippen LogP contribution in [0.2, 0.25) is 5.02 Å². The average molecular weight is 430 g/mol. The van der Waals surface area contributed by atoms with Crippen LogP contribution in [0, 0.1) is 13.8 Å². The molecule has 4 nitrogen and oxygen atoms in total. The molecule has 0 bridgehead atoms. The Labute approximate surface area is 187 Å². The van der Waals surface area contributed by atoms with Gasteiger partial charge in [-0.15, -0.1) is 0 Å². The normalized spacial score (nSPS) is 11.0. The standard InChI is InChI=1S/C26H24ClN3O/c1-18-25(19(2)30(29-18)17-20-10-9-15-23(27)16-20)28-26(31)24(21-11-5-3-6-12-21)22-13-7-4-8-14-22/h3-16,24H,17H2,1-2H3,(H,28,31). The van der Waals surface area contributed by atoms with Crippen LogP contribution in [-0.4, -0.2) is 15.7 Å². The second-order valence-corrected chi connectivity index (χ2v) is 8.01. The quantitative estimate of drug-likeness (QED) is 0.410. The summed E-state index contributed by atoms with van der Waals surface area (Å²) in [6, 6.07) is 27.4. The second kappa shape index (κ2) is 9.19. The van der Waals surface area contributed by atoms with E-state index in [1.165, 1.54) is 0 Å². The molecule has 1 heterocycles.